The Hall–Kier alpha value is -1.95. The third-order valence-corrected chi connectivity index (χ3v) is 5.60. The van der Waals surface area contributed by atoms with Gasteiger partial charge in [0.05, 0.1) is 0 Å². The average molecular weight is 359 g/mol. The Balaban J connectivity index is 1.82. The van der Waals surface area contributed by atoms with Gasteiger partial charge in [-0.3, -0.25) is 14.5 Å². The molecule has 1 saturated carbocycles. The van der Waals surface area contributed by atoms with Crippen molar-refractivity contribution >= 4 is 18.1 Å². The predicted molar refractivity (Wildman–Crippen MR) is 102 cm³/mol. The summed E-state index contributed by atoms with van der Waals surface area (Å²) in [4.78, 5) is 14.8. The Morgan fingerprint density at radius 1 is 1.40 bits per heavy atom. The highest BCUT2D eigenvalue weighted by atomic mass is 32.1. The van der Waals surface area contributed by atoms with Crippen molar-refractivity contribution in [3.05, 3.63) is 34.6 Å². The van der Waals surface area contributed by atoms with E-state index in [1.165, 1.54) is 19.3 Å². The van der Waals surface area contributed by atoms with Gasteiger partial charge in [0.1, 0.15) is 6.54 Å². The standard InChI is InChI=1S/C19H26N4OS/c1-13-7-6-9-15(11-13)18-20-21-19(25)23(18)12-17(24)22(3)16-10-5-4-8-14(16)2/h6-7,9,11,14,16H,4-5,8,10,12H2,1-3H3,(H,21,25). The highest BCUT2D eigenvalue weighted by molar-refractivity contribution is 7.71. The summed E-state index contributed by atoms with van der Waals surface area (Å²) in [6.45, 7) is 4.51. The van der Waals surface area contributed by atoms with Gasteiger partial charge in [-0.1, -0.05) is 43.5 Å². The molecule has 134 valence electrons. The normalized spacial score (nSPS) is 20.4. The van der Waals surface area contributed by atoms with Crippen LogP contribution in [0.4, 0.5) is 0 Å². The van der Waals surface area contributed by atoms with Crippen LogP contribution in [0.2, 0.25) is 0 Å². The van der Waals surface area contributed by atoms with Gasteiger partial charge in [-0.15, -0.1) is 0 Å². The zero-order valence-corrected chi connectivity index (χ0v) is 16.0. The largest absolute Gasteiger partial charge is 0.341 e. The maximum atomic E-state index is 12.9. The molecule has 0 aliphatic heterocycles. The molecule has 1 N–H and O–H groups in total. The number of aromatic nitrogens is 3. The van der Waals surface area contributed by atoms with Crippen LogP contribution in [0.1, 0.15) is 38.2 Å². The molecule has 1 aromatic heterocycles. The fraction of sp³-hybridized carbons (Fsp3) is 0.526. The fourth-order valence-corrected chi connectivity index (χ4v) is 3.97. The first kappa shape index (κ1) is 17.9. The quantitative estimate of drug-likeness (QED) is 0.842. The first-order valence-electron chi connectivity index (χ1n) is 8.95. The van der Waals surface area contributed by atoms with Gasteiger partial charge in [0.2, 0.25) is 5.91 Å². The molecular formula is C19H26N4OS. The fourth-order valence-electron chi connectivity index (χ4n) is 3.77. The van der Waals surface area contributed by atoms with Crippen LogP contribution in [-0.2, 0) is 11.3 Å². The minimum atomic E-state index is 0.0881. The van der Waals surface area contributed by atoms with Gasteiger partial charge in [-0.05, 0) is 44.0 Å². The summed E-state index contributed by atoms with van der Waals surface area (Å²) in [5.74, 6) is 1.36. The number of aryl methyl sites for hydroxylation is 1. The van der Waals surface area contributed by atoms with Crippen molar-refractivity contribution in [2.75, 3.05) is 7.05 Å². The van der Waals surface area contributed by atoms with E-state index in [-0.39, 0.29) is 12.5 Å². The number of likely N-dealkylation sites (N-methyl/N-ethyl adjacent to an activating group) is 1. The summed E-state index contributed by atoms with van der Waals surface area (Å²) in [5, 5.41) is 7.17. The van der Waals surface area contributed by atoms with Gasteiger partial charge in [-0.25, -0.2) is 0 Å². The molecular weight excluding hydrogens is 332 g/mol. The molecule has 1 heterocycles. The third-order valence-electron chi connectivity index (χ3n) is 5.28. The van der Waals surface area contributed by atoms with Gasteiger partial charge in [0.15, 0.2) is 10.6 Å². The number of rotatable bonds is 4. The van der Waals surface area contributed by atoms with Crippen molar-refractivity contribution in [2.24, 2.45) is 5.92 Å². The lowest BCUT2D eigenvalue weighted by atomic mass is 9.85. The number of carbonyl (C=O) groups excluding carboxylic acids is 1. The number of benzene rings is 1. The van der Waals surface area contributed by atoms with E-state index in [0.717, 1.165) is 17.5 Å². The molecule has 1 fully saturated rings. The number of nitrogens with one attached hydrogen (secondary N) is 1. The number of H-pyrrole nitrogens is 1. The van der Waals surface area contributed by atoms with E-state index in [2.05, 4.69) is 23.2 Å². The maximum absolute atomic E-state index is 12.9. The molecule has 25 heavy (non-hydrogen) atoms. The van der Waals surface area contributed by atoms with Crippen LogP contribution in [0.15, 0.2) is 24.3 Å². The summed E-state index contributed by atoms with van der Waals surface area (Å²) in [7, 11) is 1.92. The third kappa shape index (κ3) is 3.84. The smallest absolute Gasteiger partial charge is 0.242 e. The second-order valence-electron chi connectivity index (χ2n) is 7.14. The number of hydrogen-bond acceptors (Lipinski definition) is 3. The molecule has 2 atom stereocenters. The molecule has 1 aliphatic carbocycles. The second-order valence-corrected chi connectivity index (χ2v) is 7.53. The van der Waals surface area contributed by atoms with E-state index < -0.39 is 0 Å². The van der Waals surface area contributed by atoms with Crippen LogP contribution in [0.5, 0.6) is 0 Å². The van der Waals surface area contributed by atoms with Crippen molar-refractivity contribution in [3.8, 4) is 11.4 Å². The minimum absolute atomic E-state index is 0.0881. The molecule has 1 aromatic carbocycles. The van der Waals surface area contributed by atoms with E-state index in [9.17, 15) is 4.79 Å². The molecule has 0 saturated heterocycles. The van der Waals surface area contributed by atoms with Crippen molar-refractivity contribution < 1.29 is 4.79 Å². The van der Waals surface area contributed by atoms with Gasteiger partial charge in [-0.2, -0.15) is 5.10 Å². The average Bonchev–Trinajstić information content (AvgIpc) is 2.95. The van der Waals surface area contributed by atoms with E-state index in [1.54, 1.807) is 4.57 Å². The molecule has 0 radical (unpaired) electrons. The van der Waals surface area contributed by atoms with Crippen molar-refractivity contribution in [3.63, 3.8) is 0 Å². The molecule has 5 nitrogen and oxygen atoms in total. The lowest BCUT2D eigenvalue weighted by Crippen LogP contribution is -2.44. The molecule has 1 amide bonds. The molecule has 3 rings (SSSR count). The monoisotopic (exact) mass is 358 g/mol. The van der Waals surface area contributed by atoms with Gasteiger partial charge in [0.25, 0.3) is 0 Å². The van der Waals surface area contributed by atoms with Crippen LogP contribution in [0.25, 0.3) is 11.4 Å². The van der Waals surface area contributed by atoms with Crippen molar-refractivity contribution in [1.29, 1.82) is 0 Å². The molecule has 2 aromatic rings. The first-order chi connectivity index (χ1) is 12.0. The molecule has 0 bridgehead atoms. The Kier molecular flexibility index (Phi) is 5.37. The maximum Gasteiger partial charge on any atom is 0.242 e. The topological polar surface area (TPSA) is 53.9 Å². The predicted octanol–water partition coefficient (Wildman–Crippen LogP) is 3.95. The van der Waals surface area contributed by atoms with Crippen molar-refractivity contribution in [2.45, 2.75) is 52.1 Å². The summed E-state index contributed by atoms with van der Waals surface area (Å²) in [5.41, 5.74) is 2.12. The minimum Gasteiger partial charge on any atom is -0.341 e. The summed E-state index contributed by atoms with van der Waals surface area (Å²) in [6.07, 6.45) is 4.75. The summed E-state index contributed by atoms with van der Waals surface area (Å²) >= 11 is 5.36. The summed E-state index contributed by atoms with van der Waals surface area (Å²) < 4.78 is 2.28. The number of amides is 1. The zero-order chi connectivity index (χ0) is 18.0. The van der Waals surface area contributed by atoms with E-state index >= 15 is 0 Å². The highest BCUT2D eigenvalue weighted by Gasteiger charge is 2.28. The summed E-state index contributed by atoms with van der Waals surface area (Å²) in [6, 6.07) is 8.40. The van der Waals surface area contributed by atoms with Crippen LogP contribution in [0.3, 0.4) is 0 Å². The Labute approximate surface area is 154 Å². The number of nitrogens with zero attached hydrogens (tertiary/aromatic N) is 3. The van der Waals surface area contributed by atoms with Crippen LogP contribution < -0.4 is 0 Å². The van der Waals surface area contributed by atoms with Crippen LogP contribution in [-0.4, -0.2) is 38.7 Å². The number of carbonyl (C=O) groups is 1. The number of hydrogen-bond donors (Lipinski definition) is 1. The number of aromatic amines is 1. The first-order valence-corrected chi connectivity index (χ1v) is 9.36. The van der Waals surface area contributed by atoms with E-state index in [0.29, 0.717) is 22.6 Å². The van der Waals surface area contributed by atoms with Crippen LogP contribution >= 0.6 is 12.2 Å². The van der Waals surface area contributed by atoms with Crippen molar-refractivity contribution in [1.82, 2.24) is 19.7 Å². The molecule has 1 aliphatic rings. The Bertz CT molecular complexity index is 810. The molecule has 0 spiro atoms. The Morgan fingerprint density at radius 2 is 2.16 bits per heavy atom. The zero-order valence-electron chi connectivity index (χ0n) is 15.2. The van der Waals surface area contributed by atoms with E-state index in [4.69, 9.17) is 12.2 Å². The van der Waals surface area contributed by atoms with Crippen LogP contribution in [0, 0.1) is 17.6 Å². The van der Waals surface area contributed by atoms with E-state index in [1.807, 2.05) is 37.1 Å². The van der Waals surface area contributed by atoms with Gasteiger partial charge >= 0.3 is 0 Å². The molecule has 6 heteroatoms. The second kappa shape index (κ2) is 7.52. The lowest BCUT2D eigenvalue weighted by Gasteiger charge is -2.36. The molecule has 2 unspecified atom stereocenters. The Morgan fingerprint density at radius 3 is 2.88 bits per heavy atom. The lowest BCUT2D eigenvalue weighted by molar-refractivity contribution is -0.134. The van der Waals surface area contributed by atoms with Gasteiger partial charge < -0.3 is 4.90 Å². The SMILES string of the molecule is Cc1cccc(-c2n[nH]c(=S)n2CC(=O)N(C)C2CCCCC2C)c1. The van der Waals surface area contributed by atoms with Gasteiger partial charge in [0, 0.05) is 18.7 Å². The highest BCUT2D eigenvalue weighted by Crippen LogP contribution is 2.28.